The van der Waals surface area contributed by atoms with Gasteiger partial charge in [0, 0.05) is 12.1 Å². The van der Waals surface area contributed by atoms with E-state index in [-0.39, 0.29) is 5.91 Å². The zero-order chi connectivity index (χ0) is 21.9. The summed E-state index contributed by atoms with van der Waals surface area (Å²) in [5, 5.41) is 5.19. The second-order valence-electron chi connectivity index (χ2n) is 10.9. The Labute approximate surface area is 191 Å². The maximum atomic E-state index is 12.2. The van der Waals surface area contributed by atoms with Crippen molar-refractivity contribution in [3.05, 3.63) is 71.3 Å². The molecule has 0 aromatic heterocycles. The van der Waals surface area contributed by atoms with E-state index in [1.54, 1.807) is 5.56 Å². The average molecular weight is 424 g/mol. The molecule has 32 heavy (non-hydrogen) atoms. The fourth-order valence-corrected chi connectivity index (χ4v) is 7.64. The van der Waals surface area contributed by atoms with Crippen LogP contribution in [0.25, 0.3) is 21.9 Å². The molecule has 0 saturated heterocycles. The molecule has 3 aromatic rings. The Morgan fingerprint density at radius 3 is 2.12 bits per heavy atom. The molecule has 4 bridgehead atoms. The SMILES string of the molecule is CCNC(=O)c1ccc2cc(-c3ccc(C)c(C45CC6CC(CC(C6)C4)C5)c3)ccc2c1. The summed E-state index contributed by atoms with van der Waals surface area (Å²) in [6.07, 6.45) is 8.68. The van der Waals surface area contributed by atoms with Crippen LogP contribution in [0.1, 0.15) is 66.9 Å². The lowest BCUT2D eigenvalue weighted by Crippen LogP contribution is -2.48. The number of benzene rings is 3. The number of carbonyl (C=O) groups is 1. The van der Waals surface area contributed by atoms with Gasteiger partial charge in [-0.3, -0.25) is 4.79 Å². The minimum absolute atomic E-state index is 0.00257. The molecule has 1 amide bonds. The van der Waals surface area contributed by atoms with Crippen LogP contribution in [0.15, 0.2) is 54.6 Å². The number of rotatable bonds is 4. The summed E-state index contributed by atoms with van der Waals surface area (Å²) >= 11 is 0. The first-order valence-corrected chi connectivity index (χ1v) is 12.5. The quantitative estimate of drug-likeness (QED) is 0.479. The highest BCUT2D eigenvalue weighted by molar-refractivity contribution is 5.99. The molecule has 0 heterocycles. The maximum Gasteiger partial charge on any atom is 0.251 e. The van der Waals surface area contributed by atoms with Crippen molar-refractivity contribution in [2.24, 2.45) is 17.8 Å². The van der Waals surface area contributed by atoms with Crippen molar-refractivity contribution in [3.8, 4) is 11.1 Å². The van der Waals surface area contributed by atoms with Crippen LogP contribution in [-0.2, 0) is 5.41 Å². The van der Waals surface area contributed by atoms with Crippen LogP contribution in [0, 0.1) is 24.7 Å². The monoisotopic (exact) mass is 423 g/mol. The van der Waals surface area contributed by atoms with Crippen molar-refractivity contribution >= 4 is 16.7 Å². The second-order valence-corrected chi connectivity index (χ2v) is 10.9. The summed E-state index contributed by atoms with van der Waals surface area (Å²) in [4.78, 5) is 12.2. The van der Waals surface area contributed by atoms with E-state index in [2.05, 4.69) is 54.7 Å². The third kappa shape index (κ3) is 3.27. The number of amides is 1. The van der Waals surface area contributed by atoms with Crippen molar-refractivity contribution in [2.45, 2.75) is 57.8 Å². The highest BCUT2D eigenvalue weighted by atomic mass is 16.1. The minimum atomic E-state index is -0.00257. The van der Waals surface area contributed by atoms with E-state index in [4.69, 9.17) is 0 Å². The van der Waals surface area contributed by atoms with Gasteiger partial charge < -0.3 is 5.32 Å². The minimum Gasteiger partial charge on any atom is -0.352 e. The van der Waals surface area contributed by atoms with Crippen LogP contribution in [0.3, 0.4) is 0 Å². The van der Waals surface area contributed by atoms with Gasteiger partial charge in [-0.25, -0.2) is 0 Å². The molecule has 0 atom stereocenters. The van der Waals surface area contributed by atoms with E-state index in [1.165, 1.54) is 60.6 Å². The Balaban J connectivity index is 1.36. The van der Waals surface area contributed by atoms with E-state index < -0.39 is 0 Å². The molecule has 2 nitrogen and oxygen atoms in total. The zero-order valence-corrected chi connectivity index (χ0v) is 19.3. The van der Waals surface area contributed by atoms with Gasteiger partial charge in [0.1, 0.15) is 0 Å². The van der Waals surface area contributed by atoms with E-state index in [9.17, 15) is 4.79 Å². The number of aryl methyl sites for hydroxylation is 1. The van der Waals surface area contributed by atoms with Crippen molar-refractivity contribution in [1.29, 1.82) is 0 Å². The van der Waals surface area contributed by atoms with Crippen LogP contribution in [0.4, 0.5) is 0 Å². The molecule has 164 valence electrons. The molecule has 0 radical (unpaired) electrons. The Hall–Kier alpha value is -2.61. The summed E-state index contributed by atoms with van der Waals surface area (Å²) in [5.41, 5.74) is 6.86. The third-order valence-corrected chi connectivity index (χ3v) is 8.62. The van der Waals surface area contributed by atoms with Gasteiger partial charge in [-0.05, 0) is 127 Å². The highest BCUT2D eigenvalue weighted by Crippen LogP contribution is 2.61. The molecular formula is C30H33NO. The number of hydrogen-bond donors (Lipinski definition) is 1. The van der Waals surface area contributed by atoms with Crippen LogP contribution >= 0.6 is 0 Å². The predicted molar refractivity (Wildman–Crippen MR) is 132 cm³/mol. The Kier molecular flexibility index (Phi) is 4.68. The average Bonchev–Trinajstić information content (AvgIpc) is 2.78. The standard InChI is InChI=1S/C30H33NO/c1-3-31-29(32)27-9-8-23-13-24(6-7-25(23)14-27)26-5-4-19(2)28(15-26)30-16-20-10-21(17-30)12-22(11-20)18-30/h4-9,13-15,20-22H,3,10-12,16-18H2,1-2H3,(H,31,32). The van der Waals surface area contributed by atoms with Crippen molar-refractivity contribution in [3.63, 3.8) is 0 Å². The van der Waals surface area contributed by atoms with Gasteiger partial charge in [0.15, 0.2) is 0 Å². The topological polar surface area (TPSA) is 29.1 Å². The van der Waals surface area contributed by atoms with Gasteiger partial charge in [-0.2, -0.15) is 0 Å². The van der Waals surface area contributed by atoms with Gasteiger partial charge in [-0.1, -0.05) is 36.4 Å². The van der Waals surface area contributed by atoms with E-state index in [0.29, 0.717) is 12.0 Å². The van der Waals surface area contributed by atoms with Gasteiger partial charge >= 0.3 is 0 Å². The highest BCUT2D eigenvalue weighted by Gasteiger charge is 2.51. The Bertz CT molecular complexity index is 1170. The summed E-state index contributed by atoms with van der Waals surface area (Å²) < 4.78 is 0. The van der Waals surface area contributed by atoms with Crippen LogP contribution in [0.5, 0.6) is 0 Å². The van der Waals surface area contributed by atoms with Crippen molar-refractivity contribution < 1.29 is 4.79 Å². The molecule has 4 aliphatic rings. The zero-order valence-electron chi connectivity index (χ0n) is 19.3. The molecule has 4 fully saturated rings. The number of fused-ring (bicyclic) bond motifs is 1. The van der Waals surface area contributed by atoms with Gasteiger partial charge in [0.05, 0.1) is 0 Å². The molecule has 7 rings (SSSR count). The van der Waals surface area contributed by atoms with Crippen molar-refractivity contribution in [1.82, 2.24) is 5.32 Å². The van der Waals surface area contributed by atoms with Crippen LogP contribution in [-0.4, -0.2) is 12.5 Å². The van der Waals surface area contributed by atoms with Gasteiger partial charge in [0.2, 0.25) is 0 Å². The molecule has 2 heteroatoms. The van der Waals surface area contributed by atoms with E-state index in [1.807, 2.05) is 19.1 Å². The molecule has 0 aliphatic heterocycles. The summed E-state index contributed by atoms with van der Waals surface area (Å²) in [6.45, 7) is 4.92. The normalized spacial score (nSPS) is 28.2. The lowest BCUT2D eigenvalue weighted by molar-refractivity contribution is -0.00544. The second kappa shape index (κ2) is 7.47. The summed E-state index contributed by atoms with van der Waals surface area (Å²) in [6, 6.07) is 19.9. The number of carbonyl (C=O) groups excluding carboxylic acids is 1. The summed E-state index contributed by atoms with van der Waals surface area (Å²) in [5.74, 6) is 2.88. The molecule has 4 aliphatic carbocycles. The molecular weight excluding hydrogens is 390 g/mol. The first-order valence-electron chi connectivity index (χ1n) is 12.5. The van der Waals surface area contributed by atoms with Crippen LogP contribution < -0.4 is 5.32 Å². The fourth-order valence-electron chi connectivity index (χ4n) is 7.64. The fraction of sp³-hybridized carbons (Fsp3) is 0.433. The van der Waals surface area contributed by atoms with Gasteiger partial charge in [0.25, 0.3) is 5.91 Å². The molecule has 3 aromatic carbocycles. The smallest absolute Gasteiger partial charge is 0.251 e. The molecule has 4 saturated carbocycles. The Morgan fingerprint density at radius 2 is 1.44 bits per heavy atom. The largest absolute Gasteiger partial charge is 0.352 e. The first kappa shape index (κ1) is 20.0. The Morgan fingerprint density at radius 1 is 0.844 bits per heavy atom. The lowest BCUT2D eigenvalue weighted by Gasteiger charge is -2.57. The van der Waals surface area contributed by atoms with Crippen LogP contribution in [0.2, 0.25) is 0 Å². The predicted octanol–water partition coefficient (Wildman–Crippen LogP) is 7.03. The lowest BCUT2D eigenvalue weighted by atomic mass is 9.47. The van der Waals surface area contributed by atoms with Crippen molar-refractivity contribution in [2.75, 3.05) is 6.54 Å². The summed E-state index contributed by atoms with van der Waals surface area (Å²) in [7, 11) is 0. The third-order valence-electron chi connectivity index (χ3n) is 8.62. The maximum absolute atomic E-state index is 12.2. The molecule has 0 unspecified atom stereocenters. The van der Waals surface area contributed by atoms with E-state index in [0.717, 1.165) is 28.7 Å². The first-order chi connectivity index (χ1) is 15.5. The molecule has 0 spiro atoms. The van der Waals surface area contributed by atoms with Gasteiger partial charge in [-0.15, -0.1) is 0 Å². The number of nitrogens with one attached hydrogen (secondary N) is 1. The van der Waals surface area contributed by atoms with E-state index >= 15 is 0 Å². The number of hydrogen-bond acceptors (Lipinski definition) is 1. The molecule has 1 N–H and O–H groups in total.